The Kier molecular flexibility index (Phi) is 5.62. The van der Waals surface area contributed by atoms with Crippen LogP contribution in [0.4, 0.5) is 5.82 Å². The number of aromatic carboxylic acids is 1. The summed E-state index contributed by atoms with van der Waals surface area (Å²) in [7, 11) is 0. The van der Waals surface area contributed by atoms with Crippen molar-refractivity contribution >= 4 is 11.8 Å². The number of carbonyl (C=O) groups is 1. The predicted octanol–water partition coefficient (Wildman–Crippen LogP) is 2.97. The number of anilines is 1. The molecule has 100 valence electrons. The van der Waals surface area contributed by atoms with E-state index in [1.54, 1.807) is 12.1 Å². The topological polar surface area (TPSA) is 53.4 Å². The summed E-state index contributed by atoms with van der Waals surface area (Å²) in [5.74, 6) is -0.105. The molecule has 1 N–H and O–H groups in total. The van der Waals surface area contributed by atoms with Crippen LogP contribution in [0, 0.1) is 0 Å². The number of carboxylic acid groups (broad SMARTS) is 1. The minimum Gasteiger partial charge on any atom is -0.478 e. The lowest BCUT2D eigenvalue weighted by Gasteiger charge is -2.22. The second kappa shape index (κ2) is 6.99. The number of rotatable bonds is 7. The average Bonchev–Trinajstić information content (AvgIpc) is 2.35. The lowest BCUT2D eigenvalue weighted by Crippen LogP contribution is -2.25. The van der Waals surface area contributed by atoms with Crippen molar-refractivity contribution in [3.05, 3.63) is 23.4 Å². The zero-order valence-electron chi connectivity index (χ0n) is 11.4. The van der Waals surface area contributed by atoms with Crippen LogP contribution >= 0.6 is 0 Å². The van der Waals surface area contributed by atoms with Gasteiger partial charge in [-0.15, -0.1) is 0 Å². The summed E-state index contributed by atoms with van der Waals surface area (Å²) in [6.45, 7) is 7.98. The van der Waals surface area contributed by atoms with Crippen LogP contribution in [0.5, 0.6) is 0 Å². The molecule has 4 heteroatoms. The van der Waals surface area contributed by atoms with E-state index in [2.05, 4.69) is 30.7 Å². The third-order valence-corrected chi connectivity index (χ3v) is 2.82. The van der Waals surface area contributed by atoms with Gasteiger partial charge in [-0.2, -0.15) is 0 Å². The van der Waals surface area contributed by atoms with Gasteiger partial charge in [0.2, 0.25) is 0 Å². The third kappa shape index (κ3) is 3.72. The van der Waals surface area contributed by atoms with Gasteiger partial charge in [-0.25, -0.2) is 9.78 Å². The van der Waals surface area contributed by atoms with Crippen molar-refractivity contribution in [1.82, 2.24) is 4.98 Å². The Morgan fingerprint density at radius 1 is 1.28 bits per heavy atom. The minimum absolute atomic E-state index is 0.331. The maximum Gasteiger partial charge on any atom is 0.335 e. The maximum atomic E-state index is 11.1. The normalized spacial score (nSPS) is 10.4. The fourth-order valence-electron chi connectivity index (χ4n) is 1.95. The number of hydrogen-bond donors (Lipinski definition) is 1. The quantitative estimate of drug-likeness (QED) is 0.808. The number of nitrogens with zero attached hydrogens (tertiary/aromatic N) is 2. The summed E-state index contributed by atoms with van der Waals surface area (Å²) in [6, 6.07) is 3.34. The SMILES string of the molecule is CCCc1cc(C(=O)O)cc(N(CC)CCC)n1. The van der Waals surface area contributed by atoms with Gasteiger partial charge in [-0.05, 0) is 31.9 Å². The molecule has 1 aromatic rings. The van der Waals surface area contributed by atoms with Gasteiger partial charge < -0.3 is 10.0 Å². The van der Waals surface area contributed by atoms with Gasteiger partial charge in [-0.1, -0.05) is 20.3 Å². The third-order valence-electron chi connectivity index (χ3n) is 2.82. The van der Waals surface area contributed by atoms with Crippen LogP contribution in [0.15, 0.2) is 12.1 Å². The van der Waals surface area contributed by atoms with Crippen molar-refractivity contribution in [2.75, 3.05) is 18.0 Å². The molecule has 0 saturated carbocycles. The van der Waals surface area contributed by atoms with Crippen LogP contribution in [-0.4, -0.2) is 29.1 Å². The van der Waals surface area contributed by atoms with E-state index in [0.717, 1.165) is 43.9 Å². The van der Waals surface area contributed by atoms with E-state index in [4.69, 9.17) is 5.11 Å². The van der Waals surface area contributed by atoms with Crippen LogP contribution in [0.2, 0.25) is 0 Å². The number of hydrogen-bond acceptors (Lipinski definition) is 3. The molecule has 0 aromatic carbocycles. The highest BCUT2D eigenvalue weighted by Gasteiger charge is 2.12. The first kappa shape index (κ1) is 14.5. The van der Waals surface area contributed by atoms with E-state index < -0.39 is 5.97 Å². The maximum absolute atomic E-state index is 11.1. The van der Waals surface area contributed by atoms with Gasteiger partial charge >= 0.3 is 5.97 Å². The second-order valence-corrected chi connectivity index (χ2v) is 4.34. The Morgan fingerprint density at radius 2 is 2.00 bits per heavy atom. The molecule has 1 rings (SSSR count). The largest absolute Gasteiger partial charge is 0.478 e. The Hall–Kier alpha value is -1.58. The highest BCUT2D eigenvalue weighted by atomic mass is 16.4. The average molecular weight is 250 g/mol. The molecule has 0 spiro atoms. The van der Waals surface area contributed by atoms with Crippen molar-refractivity contribution in [1.29, 1.82) is 0 Å². The van der Waals surface area contributed by atoms with E-state index in [0.29, 0.717) is 5.56 Å². The highest BCUT2D eigenvalue weighted by Crippen LogP contribution is 2.16. The summed E-state index contributed by atoms with van der Waals surface area (Å²) in [6.07, 6.45) is 2.81. The zero-order valence-corrected chi connectivity index (χ0v) is 11.4. The van der Waals surface area contributed by atoms with E-state index in [9.17, 15) is 4.79 Å². The van der Waals surface area contributed by atoms with Crippen LogP contribution in [-0.2, 0) is 6.42 Å². The molecule has 4 nitrogen and oxygen atoms in total. The van der Waals surface area contributed by atoms with Crippen molar-refractivity contribution in [2.24, 2.45) is 0 Å². The molecule has 0 bridgehead atoms. The van der Waals surface area contributed by atoms with Crippen molar-refractivity contribution < 1.29 is 9.90 Å². The predicted molar refractivity (Wildman–Crippen MR) is 73.4 cm³/mol. The molecule has 0 fully saturated rings. The molecular formula is C14H22N2O2. The molecule has 0 atom stereocenters. The molecule has 0 aliphatic heterocycles. The van der Waals surface area contributed by atoms with Gasteiger partial charge in [0.05, 0.1) is 5.56 Å². The monoisotopic (exact) mass is 250 g/mol. The first-order chi connectivity index (χ1) is 8.62. The lowest BCUT2D eigenvalue weighted by atomic mass is 10.1. The molecule has 0 unspecified atom stereocenters. The van der Waals surface area contributed by atoms with Crippen molar-refractivity contribution in [2.45, 2.75) is 40.0 Å². The highest BCUT2D eigenvalue weighted by molar-refractivity contribution is 5.88. The fourth-order valence-corrected chi connectivity index (χ4v) is 1.95. The van der Waals surface area contributed by atoms with Crippen LogP contribution < -0.4 is 4.90 Å². The Labute approximate surface area is 109 Å². The summed E-state index contributed by atoms with van der Waals surface area (Å²) in [5.41, 5.74) is 1.19. The summed E-state index contributed by atoms with van der Waals surface area (Å²) < 4.78 is 0. The molecule has 0 amide bonds. The molecule has 0 aliphatic carbocycles. The lowest BCUT2D eigenvalue weighted by molar-refractivity contribution is 0.0696. The van der Waals surface area contributed by atoms with Crippen LogP contribution in [0.3, 0.4) is 0 Å². The Bertz CT molecular complexity index is 405. The first-order valence-electron chi connectivity index (χ1n) is 6.61. The molecule has 0 radical (unpaired) electrons. The standard InChI is InChI=1S/C14H22N2O2/c1-4-7-12-9-11(14(17)18)10-13(15-12)16(6-3)8-5-2/h9-10H,4-8H2,1-3H3,(H,17,18). The van der Waals surface area contributed by atoms with Crippen molar-refractivity contribution in [3.8, 4) is 0 Å². The molecule has 1 aromatic heterocycles. The zero-order chi connectivity index (χ0) is 13.5. The molecule has 18 heavy (non-hydrogen) atoms. The fraction of sp³-hybridized carbons (Fsp3) is 0.571. The molecule has 1 heterocycles. The van der Waals surface area contributed by atoms with Gasteiger partial charge in [0.25, 0.3) is 0 Å². The van der Waals surface area contributed by atoms with Gasteiger partial charge in [0.15, 0.2) is 0 Å². The number of aryl methyl sites for hydroxylation is 1. The van der Waals surface area contributed by atoms with E-state index in [1.807, 2.05) is 0 Å². The summed E-state index contributed by atoms with van der Waals surface area (Å²) in [5, 5.41) is 9.14. The summed E-state index contributed by atoms with van der Waals surface area (Å²) in [4.78, 5) is 17.8. The van der Waals surface area contributed by atoms with E-state index in [-0.39, 0.29) is 0 Å². The number of aromatic nitrogens is 1. The Balaban J connectivity index is 3.12. The summed E-state index contributed by atoms with van der Waals surface area (Å²) >= 11 is 0. The molecule has 0 saturated heterocycles. The van der Waals surface area contributed by atoms with Gasteiger partial charge in [0, 0.05) is 18.8 Å². The van der Waals surface area contributed by atoms with Crippen LogP contribution in [0.1, 0.15) is 49.7 Å². The van der Waals surface area contributed by atoms with E-state index in [1.165, 1.54) is 0 Å². The molecular weight excluding hydrogens is 228 g/mol. The van der Waals surface area contributed by atoms with Crippen molar-refractivity contribution in [3.63, 3.8) is 0 Å². The van der Waals surface area contributed by atoms with E-state index >= 15 is 0 Å². The first-order valence-corrected chi connectivity index (χ1v) is 6.61. The smallest absolute Gasteiger partial charge is 0.335 e. The second-order valence-electron chi connectivity index (χ2n) is 4.34. The Morgan fingerprint density at radius 3 is 2.50 bits per heavy atom. The minimum atomic E-state index is -0.886. The number of pyridine rings is 1. The number of carboxylic acids is 1. The van der Waals surface area contributed by atoms with Gasteiger partial charge in [-0.3, -0.25) is 0 Å². The molecule has 0 aliphatic rings. The van der Waals surface area contributed by atoms with Crippen LogP contribution in [0.25, 0.3) is 0 Å². The van der Waals surface area contributed by atoms with Gasteiger partial charge in [0.1, 0.15) is 5.82 Å².